The Hall–Kier alpha value is -1.66. The van der Waals surface area contributed by atoms with Crippen LogP contribution in [0.3, 0.4) is 0 Å². The SMILES string of the molecule is COC(=O)c1cc(O[C@@H]2CCOC2)c2cc(Br)ccc2n1. The number of hydrogen-bond donors (Lipinski definition) is 0. The van der Waals surface area contributed by atoms with Crippen LogP contribution >= 0.6 is 15.9 Å². The fourth-order valence-corrected chi connectivity index (χ4v) is 2.62. The third-order valence-corrected chi connectivity index (χ3v) is 3.80. The number of benzene rings is 1. The molecule has 3 rings (SSSR count). The van der Waals surface area contributed by atoms with E-state index in [1.165, 1.54) is 7.11 Å². The Kier molecular flexibility index (Phi) is 4.07. The maximum atomic E-state index is 11.7. The van der Waals surface area contributed by atoms with Gasteiger partial charge in [0.1, 0.15) is 11.9 Å². The lowest BCUT2D eigenvalue weighted by Gasteiger charge is -2.15. The summed E-state index contributed by atoms with van der Waals surface area (Å²) in [6.45, 7) is 1.26. The number of carbonyl (C=O) groups excluding carboxylic acids is 1. The molecule has 2 aromatic rings. The van der Waals surface area contributed by atoms with E-state index in [4.69, 9.17) is 14.2 Å². The second kappa shape index (κ2) is 5.99. The first kappa shape index (κ1) is 14.3. The highest BCUT2D eigenvalue weighted by molar-refractivity contribution is 9.10. The highest BCUT2D eigenvalue weighted by Crippen LogP contribution is 2.30. The Labute approximate surface area is 130 Å². The normalized spacial score (nSPS) is 17.9. The van der Waals surface area contributed by atoms with E-state index in [-0.39, 0.29) is 11.8 Å². The molecule has 0 amide bonds. The minimum absolute atomic E-state index is 0.0000728. The second-order valence-electron chi connectivity index (χ2n) is 4.76. The monoisotopic (exact) mass is 351 g/mol. The van der Waals surface area contributed by atoms with Gasteiger partial charge in [-0.25, -0.2) is 9.78 Å². The van der Waals surface area contributed by atoms with E-state index in [1.807, 2.05) is 18.2 Å². The van der Waals surface area contributed by atoms with Crippen LogP contribution in [0.25, 0.3) is 10.9 Å². The van der Waals surface area contributed by atoms with Crippen LogP contribution in [-0.4, -0.2) is 37.4 Å². The van der Waals surface area contributed by atoms with Crippen molar-refractivity contribution in [1.29, 1.82) is 0 Å². The predicted molar refractivity (Wildman–Crippen MR) is 80.6 cm³/mol. The first-order chi connectivity index (χ1) is 10.2. The molecule has 0 radical (unpaired) electrons. The third kappa shape index (κ3) is 3.01. The summed E-state index contributed by atoms with van der Waals surface area (Å²) in [4.78, 5) is 16.1. The Balaban J connectivity index is 2.08. The average Bonchev–Trinajstić information content (AvgIpc) is 2.99. The number of aromatic nitrogens is 1. The Morgan fingerprint density at radius 3 is 3.00 bits per heavy atom. The number of halogens is 1. The zero-order valence-electron chi connectivity index (χ0n) is 11.5. The molecule has 1 fully saturated rings. The molecule has 1 atom stereocenters. The Bertz CT molecular complexity index is 683. The van der Waals surface area contributed by atoms with Crippen molar-refractivity contribution in [2.75, 3.05) is 20.3 Å². The topological polar surface area (TPSA) is 57.7 Å². The van der Waals surface area contributed by atoms with E-state index in [2.05, 4.69) is 20.9 Å². The van der Waals surface area contributed by atoms with Crippen LogP contribution in [0.4, 0.5) is 0 Å². The molecule has 6 heteroatoms. The van der Waals surface area contributed by atoms with E-state index >= 15 is 0 Å². The summed E-state index contributed by atoms with van der Waals surface area (Å²) in [6, 6.07) is 7.26. The molecule has 0 unspecified atom stereocenters. The number of fused-ring (bicyclic) bond motifs is 1. The summed E-state index contributed by atoms with van der Waals surface area (Å²) in [7, 11) is 1.33. The molecule has 1 aliphatic rings. The Morgan fingerprint density at radius 1 is 1.43 bits per heavy atom. The van der Waals surface area contributed by atoms with Gasteiger partial charge in [0.05, 0.1) is 25.8 Å². The number of esters is 1. The molecule has 0 aliphatic carbocycles. The van der Waals surface area contributed by atoms with Gasteiger partial charge in [-0.3, -0.25) is 0 Å². The van der Waals surface area contributed by atoms with Crippen molar-refractivity contribution in [2.24, 2.45) is 0 Å². The molecule has 110 valence electrons. The fraction of sp³-hybridized carbons (Fsp3) is 0.333. The molecule has 0 saturated carbocycles. The van der Waals surface area contributed by atoms with Gasteiger partial charge in [-0.15, -0.1) is 0 Å². The summed E-state index contributed by atoms with van der Waals surface area (Å²) < 4.78 is 17.0. The lowest BCUT2D eigenvalue weighted by atomic mass is 10.1. The molecule has 5 nitrogen and oxygen atoms in total. The molecule has 0 spiro atoms. The minimum atomic E-state index is -0.479. The van der Waals surface area contributed by atoms with Gasteiger partial charge in [0.2, 0.25) is 0 Å². The number of carbonyl (C=O) groups is 1. The maximum absolute atomic E-state index is 11.7. The molecular formula is C15H14BrNO4. The van der Waals surface area contributed by atoms with Gasteiger partial charge in [-0.05, 0) is 18.2 Å². The largest absolute Gasteiger partial charge is 0.487 e. The number of ether oxygens (including phenoxy) is 3. The quantitative estimate of drug-likeness (QED) is 0.795. The zero-order valence-corrected chi connectivity index (χ0v) is 13.1. The van der Waals surface area contributed by atoms with Gasteiger partial charge in [0.15, 0.2) is 5.69 Å². The molecule has 0 N–H and O–H groups in total. The molecule has 1 aromatic heterocycles. The molecule has 1 aromatic carbocycles. The highest BCUT2D eigenvalue weighted by atomic mass is 79.9. The zero-order chi connectivity index (χ0) is 14.8. The van der Waals surface area contributed by atoms with Crippen molar-refractivity contribution in [1.82, 2.24) is 4.98 Å². The van der Waals surface area contributed by atoms with Crippen LogP contribution in [0.15, 0.2) is 28.7 Å². The summed E-state index contributed by atoms with van der Waals surface area (Å²) >= 11 is 3.44. The molecule has 0 bridgehead atoms. The first-order valence-corrected chi connectivity index (χ1v) is 7.39. The predicted octanol–water partition coefficient (Wildman–Crippen LogP) is 2.95. The van der Waals surface area contributed by atoms with Gasteiger partial charge in [0.25, 0.3) is 0 Å². The van der Waals surface area contributed by atoms with Crippen LogP contribution in [0.1, 0.15) is 16.9 Å². The fourth-order valence-electron chi connectivity index (χ4n) is 2.26. The molecule has 21 heavy (non-hydrogen) atoms. The van der Waals surface area contributed by atoms with Gasteiger partial charge in [0, 0.05) is 22.3 Å². The number of rotatable bonds is 3. The van der Waals surface area contributed by atoms with Crippen molar-refractivity contribution in [2.45, 2.75) is 12.5 Å². The van der Waals surface area contributed by atoms with Crippen molar-refractivity contribution < 1.29 is 19.0 Å². The van der Waals surface area contributed by atoms with Crippen molar-refractivity contribution in [3.8, 4) is 5.75 Å². The Morgan fingerprint density at radius 2 is 2.29 bits per heavy atom. The minimum Gasteiger partial charge on any atom is -0.487 e. The maximum Gasteiger partial charge on any atom is 0.356 e. The van der Waals surface area contributed by atoms with Gasteiger partial charge >= 0.3 is 5.97 Å². The number of nitrogens with zero attached hydrogens (tertiary/aromatic N) is 1. The molecule has 1 saturated heterocycles. The molecule has 1 aliphatic heterocycles. The number of hydrogen-bond acceptors (Lipinski definition) is 5. The van der Waals surface area contributed by atoms with Crippen LogP contribution in [-0.2, 0) is 9.47 Å². The van der Waals surface area contributed by atoms with E-state index in [1.54, 1.807) is 6.07 Å². The number of methoxy groups -OCH3 is 1. The van der Waals surface area contributed by atoms with Gasteiger partial charge in [-0.2, -0.15) is 0 Å². The van der Waals surface area contributed by atoms with Crippen LogP contribution in [0, 0.1) is 0 Å². The van der Waals surface area contributed by atoms with Crippen LogP contribution < -0.4 is 4.74 Å². The van der Waals surface area contributed by atoms with Gasteiger partial charge in [-0.1, -0.05) is 15.9 Å². The van der Waals surface area contributed by atoms with Crippen LogP contribution in [0.5, 0.6) is 5.75 Å². The summed E-state index contributed by atoms with van der Waals surface area (Å²) in [6.07, 6.45) is 0.839. The average molecular weight is 352 g/mol. The lowest BCUT2D eigenvalue weighted by Crippen LogP contribution is -2.16. The van der Waals surface area contributed by atoms with E-state index < -0.39 is 5.97 Å². The smallest absolute Gasteiger partial charge is 0.356 e. The molecular weight excluding hydrogens is 338 g/mol. The van der Waals surface area contributed by atoms with E-state index in [0.29, 0.717) is 24.5 Å². The van der Waals surface area contributed by atoms with Crippen molar-refractivity contribution >= 4 is 32.8 Å². The standard InChI is InChI=1S/C15H14BrNO4/c1-19-15(18)13-7-14(21-10-4-5-20-8-10)11-6-9(16)2-3-12(11)17-13/h2-3,6-7,10H,4-5,8H2,1H3/t10-/m1/s1. The van der Waals surface area contributed by atoms with Crippen LogP contribution in [0.2, 0.25) is 0 Å². The first-order valence-electron chi connectivity index (χ1n) is 6.60. The molecule has 2 heterocycles. The van der Waals surface area contributed by atoms with E-state index in [0.717, 1.165) is 16.3 Å². The lowest BCUT2D eigenvalue weighted by molar-refractivity contribution is 0.0593. The third-order valence-electron chi connectivity index (χ3n) is 3.31. The summed E-state index contributed by atoms with van der Waals surface area (Å²) in [5, 5.41) is 0.851. The second-order valence-corrected chi connectivity index (χ2v) is 5.68. The summed E-state index contributed by atoms with van der Waals surface area (Å²) in [5.74, 6) is 0.143. The van der Waals surface area contributed by atoms with Crippen molar-refractivity contribution in [3.05, 3.63) is 34.4 Å². The highest BCUT2D eigenvalue weighted by Gasteiger charge is 2.20. The van der Waals surface area contributed by atoms with E-state index in [9.17, 15) is 4.79 Å². The summed E-state index contributed by atoms with van der Waals surface area (Å²) in [5.41, 5.74) is 0.927. The van der Waals surface area contributed by atoms with Crippen molar-refractivity contribution in [3.63, 3.8) is 0 Å². The number of pyridine rings is 1. The van der Waals surface area contributed by atoms with Gasteiger partial charge < -0.3 is 14.2 Å².